The summed E-state index contributed by atoms with van der Waals surface area (Å²) in [5, 5.41) is 0.280. The van der Waals surface area contributed by atoms with Crippen LogP contribution in [0.3, 0.4) is 0 Å². The topological polar surface area (TPSA) is 38.1 Å². The Bertz CT molecular complexity index is 426. The molecule has 96 valence electrons. The number of aromatic nitrogens is 2. The van der Waals surface area contributed by atoms with Gasteiger partial charge >= 0.3 is 0 Å². The van der Waals surface area contributed by atoms with Crippen molar-refractivity contribution in [2.24, 2.45) is 0 Å². The summed E-state index contributed by atoms with van der Waals surface area (Å²) in [6.07, 6.45) is 0.927. The average molecular weight is 258 g/mol. The highest BCUT2D eigenvalue weighted by molar-refractivity contribution is 6.29. The highest BCUT2D eigenvalue weighted by Crippen LogP contribution is 2.12. The van der Waals surface area contributed by atoms with E-state index < -0.39 is 0 Å². The van der Waals surface area contributed by atoms with Crippen molar-refractivity contribution in [3.05, 3.63) is 27.4 Å². The first kappa shape index (κ1) is 14.2. The molecule has 0 radical (unpaired) electrons. The van der Waals surface area contributed by atoms with E-state index in [4.69, 9.17) is 11.6 Å². The number of hydrogen-bond donors (Lipinski definition) is 0. The monoisotopic (exact) mass is 257 g/mol. The Morgan fingerprint density at radius 1 is 1.47 bits per heavy atom. The lowest BCUT2D eigenvalue weighted by Crippen LogP contribution is -2.27. The molecule has 0 saturated carbocycles. The van der Waals surface area contributed by atoms with Gasteiger partial charge < -0.3 is 4.90 Å². The van der Waals surface area contributed by atoms with Gasteiger partial charge in [0.15, 0.2) is 0 Å². The predicted molar refractivity (Wildman–Crippen MR) is 70.8 cm³/mol. The van der Waals surface area contributed by atoms with Gasteiger partial charge in [-0.3, -0.25) is 9.36 Å². The molecule has 0 aliphatic rings. The van der Waals surface area contributed by atoms with Gasteiger partial charge in [0.2, 0.25) is 0 Å². The second kappa shape index (κ2) is 6.17. The maximum absolute atomic E-state index is 11.9. The second-order valence-corrected chi connectivity index (χ2v) is 5.13. The van der Waals surface area contributed by atoms with Crippen LogP contribution in [-0.4, -0.2) is 35.1 Å². The summed E-state index contributed by atoms with van der Waals surface area (Å²) in [5.74, 6) is 0.960. The van der Waals surface area contributed by atoms with E-state index in [1.807, 2.05) is 27.9 Å². The van der Waals surface area contributed by atoms with E-state index in [-0.39, 0.29) is 16.6 Å². The minimum Gasteiger partial charge on any atom is -0.309 e. The smallest absolute Gasteiger partial charge is 0.254 e. The van der Waals surface area contributed by atoms with Crippen molar-refractivity contribution in [3.8, 4) is 0 Å². The highest BCUT2D eigenvalue weighted by Gasteiger charge is 2.11. The van der Waals surface area contributed by atoms with Crippen LogP contribution in [0, 0.1) is 0 Å². The Balaban J connectivity index is 2.93. The molecule has 0 spiro atoms. The Morgan fingerprint density at radius 2 is 2.12 bits per heavy atom. The molecule has 0 N–H and O–H groups in total. The molecule has 0 aromatic carbocycles. The van der Waals surface area contributed by atoms with Crippen molar-refractivity contribution in [2.45, 2.75) is 32.7 Å². The summed E-state index contributed by atoms with van der Waals surface area (Å²) < 4.78 is 1.72. The lowest BCUT2D eigenvalue weighted by molar-refractivity contribution is 0.380. The van der Waals surface area contributed by atoms with Gasteiger partial charge in [-0.05, 0) is 27.1 Å². The molecular formula is C12H20ClN3O. The molecule has 1 rings (SSSR count). The van der Waals surface area contributed by atoms with Crippen molar-refractivity contribution in [1.82, 2.24) is 14.5 Å². The van der Waals surface area contributed by atoms with Crippen LogP contribution >= 0.6 is 11.6 Å². The van der Waals surface area contributed by atoms with E-state index in [9.17, 15) is 4.79 Å². The average Bonchev–Trinajstić information content (AvgIpc) is 2.19. The van der Waals surface area contributed by atoms with Crippen LogP contribution in [0.25, 0.3) is 0 Å². The predicted octanol–water partition coefficient (Wildman–Crippen LogP) is 1.97. The SMILES string of the molecule is CC(C)c1nc(Cl)cc(=O)n1CCCN(C)C. The maximum Gasteiger partial charge on any atom is 0.254 e. The minimum atomic E-state index is -0.0625. The summed E-state index contributed by atoms with van der Waals surface area (Å²) in [6.45, 7) is 5.67. The summed E-state index contributed by atoms with van der Waals surface area (Å²) in [5.41, 5.74) is -0.0625. The first-order valence-electron chi connectivity index (χ1n) is 5.84. The standard InChI is InChI=1S/C12H20ClN3O/c1-9(2)12-14-10(13)8-11(17)16(12)7-5-6-15(3)4/h8-9H,5-7H2,1-4H3. The van der Waals surface area contributed by atoms with Gasteiger partial charge in [-0.1, -0.05) is 25.4 Å². The second-order valence-electron chi connectivity index (χ2n) is 4.74. The molecule has 0 amide bonds. The zero-order chi connectivity index (χ0) is 13.0. The van der Waals surface area contributed by atoms with Crippen LogP contribution in [0.4, 0.5) is 0 Å². The minimum absolute atomic E-state index is 0.0625. The number of hydrogen-bond acceptors (Lipinski definition) is 3. The number of halogens is 1. The molecule has 5 heteroatoms. The van der Waals surface area contributed by atoms with E-state index in [1.54, 1.807) is 4.57 Å². The molecule has 0 fully saturated rings. The van der Waals surface area contributed by atoms with E-state index in [0.717, 1.165) is 18.8 Å². The molecular weight excluding hydrogens is 238 g/mol. The summed E-state index contributed by atoms with van der Waals surface area (Å²) in [7, 11) is 4.04. The van der Waals surface area contributed by atoms with Gasteiger partial charge in [0.1, 0.15) is 11.0 Å². The Labute approximate surface area is 107 Å². The van der Waals surface area contributed by atoms with Crippen molar-refractivity contribution in [3.63, 3.8) is 0 Å². The first-order valence-corrected chi connectivity index (χ1v) is 6.21. The normalized spacial score (nSPS) is 11.5. The van der Waals surface area contributed by atoms with Gasteiger partial charge in [0.05, 0.1) is 0 Å². The van der Waals surface area contributed by atoms with Gasteiger partial charge in [0, 0.05) is 18.5 Å². The summed E-state index contributed by atoms with van der Waals surface area (Å²) in [4.78, 5) is 18.2. The summed E-state index contributed by atoms with van der Waals surface area (Å²) >= 11 is 5.82. The Hall–Kier alpha value is -0.870. The van der Waals surface area contributed by atoms with Crippen LogP contribution in [0.1, 0.15) is 32.0 Å². The van der Waals surface area contributed by atoms with Crippen molar-refractivity contribution in [1.29, 1.82) is 0 Å². The van der Waals surface area contributed by atoms with Gasteiger partial charge in [0.25, 0.3) is 5.56 Å². The fourth-order valence-corrected chi connectivity index (χ4v) is 1.89. The third kappa shape index (κ3) is 4.13. The molecule has 1 heterocycles. The molecule has 17 heavy (non-hydrogen) atoms. The van der Waals surface area contributed by atoms with E-state index in [0.29, 0.717) is 6.54 Å². The molecule has 0 atom stereocenters. The molecule has 4 nitrogen and oxygen atoms in total. The van der Waals surface area contributed by atoms with E-state index >= 15 is 0 Å². The molecule has 0 aliphatic carbocycles. The number of nitrogens with zero attached hydrogens (tertiary/aromatic N) is 3. The van der Waals surface area contributed by atoms with Crippen molar-refractivity contribution >= 4 is 11.6 Å². The van der Waals surface area contributed by atoms with Crippen LogP contribution in [0.2, 0.25) is 5.15 Å². The summed E-state index contributed by atoms with van der Waals surface area (Å²) in [6, 6.07) is 1.38. The van der Waals surface area contributed by atoms with Crippen molar-refractivity contribution in [2.75, 3.05) is 20.6 Å². The molecule has 0 saturated heterocycles. The third-order valence-corrected chi connectivity index (χ3v) is 2.70. The largest absolute Gasteiger partial charge is 0.309 e. The van der Waals surface area contributed by atoms with Crippen LogP contribution in [0.15, 0.2) is 10.9 Å². The fraction of sp³-hybridized carbons (Fsp3) is 0.667. The molecule has 0 aliphatic heterocycles. The van der Waals surface area contributed by atoms with Crippen molar-refractivity contribution < 1.29 is 0 Å². The van der Waals surface area contributed by atoms with Gasteiger partial charge in [-0.25, -0.2) is 4.98 Å². The van der Waals surface area contributed by atoms with Crippen LogP contribution in [-0.2, 0) is 6.54 Å². The zero-order valence-corrected chi connectivity index (χ0v) is 11.7. The molecule has 1 aromatic heterocycles. The third-order valence-electron chi connectivity index (χ3n) is 2.51. The van der Waals surface area contributed by atoms with E-state index in [2.05, 4.69) is 9.88 Å². The van der Waals surface area contributed by atoms with Gasteiger partial charge in [-0.2, -0.15) is 0 Å². The van der Waals surface area contributed by atoms with E-state index in [1.165, 1.54) is 6.07 Å². The molecule has 0 unspecified atom stereocenters. The van der Waals surface area contributed by atoms with Gasteiger partial charge in [-0.15, -0.1) is 0 Å². The zero-order valence-electron chi connectivity index (χ0n) is 10.9. The highest BCUT2D eigenvalue weighted by atomic mass is 35.5. The Kier molecular flexibility index (Phi) is 5.15. The fourth-order valence-electron chi connectivity index (χ4n) is 1.71. The first-order chi connectivity index (χ1) is 7.91. The molecule has 1 aromatic rings. The maximum atomic E-state index is 11.9. The Morgan fingerprint density at radius 3 is 2.65 bits per heavy atom. The van der Waals surface area contributed by atoms with Crippen LogP contribution in [0.5, 0.6) is 0 Å². The lowest BCUT2D eigenvalue weighted by atomic mass is 10.2. The lowest BCUT2D eigenvalue weighted by Gasteiger charge is -2.15. The van der Waals surface area contributed by atoms with Crippen LogP contribution < -0.4 is 5.56 Å². The molecule has 0 bridgehead atoms. The quantitative estimate of drug-likeness (QED) is 0.757. The number of rotatable bonds is 5.